The van der Waals surface area contributed by atoms with Gasteiger partial charge in [-0.1, -0.05) is 123 Å². The minimum Gasteiger partial charge on any atom is -0.481 e. The Morgan fingerprint density at radius 2 is 0.945 bits per heavy atom. The molecule has 0 unspecified atom stereocenters. The molecule has 0 aromatic heterocycles. The van der Waals surface area contributed by atoms with Crippen molar-refractivity contribution in [3.8, 4) is 0 Å². The van der Waals surface area contributed by atoms with Gasteiger partial charge in [-0.15, -0.1) is 0 Å². The Kier molecular flexibility index (Phi) is 28.2. The van der Waals surface area contributed by atoms with Crippen molar-refractivity contribution in [1.82, 2.24) is 16.0 Å². The van der Waals surface area contributed by atoms with Gasteiger partial charge in [0.25, 0.3) is 0 Å². The lowest BCUT2D eigenvalue weighted by molar-refractivity contribution is -0.143. The van der Waals surface area contributed by atoms with Crippen molar-refractivity contribution in [2.45, 2.75) is 65.6 Å². The standard InChI is InChI=1S/C25H31Cl2N3O6.C16H16Cl2N2O2.C9H17NO5/c1-25(2,15-31)23(34)24(35)29-11-10-20(32)28-12-13-36-21(33)14-16-6-3-4-9-19(16)30-22-17(26)7-5-8-18(22)27;17-12-5-3-6-13(18)16(12)20-14-7-2-1-4-11(14)10-15(21)22-9-8-19;1-9(2,5-11)7(14)8(15)10-4-3-6(12)13/h3-9,23,30-31,34H,10-15H2,1-2H3,(H,28,32)(H,29,35);1-7,20H,8-10,19H2;7,11,14H,3-5H2,1-2H3,(H,10,15)(H,12,13)/t23-;;7-/m0.0/s1. The molecule has 0 saturated carbocycles. The number of carbonyl (C=O) groups is 6. The van der Waals surface area contributed by atoms with Crippen molar-refractivity contribution in [2.24, 2.45) is 16.6 Å². The van der Waals surface area contributed by atoms with E-state index in [0.29, 0.717) is 49.3 Å². The van der Waals surface area contributed by atoms with Crippen LogP contribution >= 0.6 is 46.4 Å². The number of ether oxygens (including phenoxy) is 2. The molecule has 3 amide bonds. The molecule has 400 valence electrons. The van der Waals surface area contributed by atoms with Crippen LogP contribution in [0.2, 0.25) is 20.1 Å². The fraction of sp³-hybridized carbons (Fsp3) is 0.400. The first-order valence-electron chi connectivity index (χ1n) is 22.7. The molecule has 0 fully saturated rings. The number of halogens is 4. The van der Waals surface area contributed by atoms with E-state index < -0.39 is 46.8 Å². The SMILES string of the molecule is CC(C)(CO)[C@@H](O)C(=O)NCCC(=O)NCCOC(=O)Cc1ccccc1Nc1c(Cl)cccc1Cl.CC(C)(CO)[C@@H](O)C(=O)NCCC(=O)O.NCCOC(=O)Cc1ccccc1Nc1c(Cl)cccc1Cl. The smallest absolute Gasteiger partial charge is 0.310 e. The largest absolute Gasteiger partial charge is 0.481 e. The van der Waals surface area contributed by atoms with Crippen LogP contribution in [0.4, 0.5) is 22.7 Å². The highest BCUT2D eigenvalue weighted by Crippen LogP contribution is 2.35. The number of rotatable bonds is 25. The zero-order chi connectivity index (χ0) is 54.7. The highest BCUT2D eigenvalue weighted by Gasteiger charge is 2.33. The molecule has 19 nitrogen and oxygen atoms in total. The maximum absolute atomic E-state index is 12.3. The number of benzene rings is 4. The van der Waals surface area contributed by atoms with Crippen LogP contribution in [0, 0.1) is 10.8 Å². The number of carbonyl (C=O) groups excluding carboxylic acids is 5. The van der Waals surface area contributed by atoms with Crippen molar-refractivity contribution in [2.75, 3.05) is 63.2 Å². The molecule has 12 N–H and O–H groups in total. The summed E-state index contributed by atoms with van der Waals surface area (Å²) >= 11 is 24.7. The Bertz CT molecular complexity index is 2410. The van der Waals surface area contributed by atoms with E-state index >= 15 is 0 Å². The molecule has 0 heterocycles. The average Bonchev–Trinajstić information content (AvgIpc) is 3.35. The summed E-state index contributed by atoms with van der Waals surface area (Å²) in [6.45, 7) is 6.06. The second-order valence-electron chi connectivity index (χ2n) is 17.3. The van der Waals surface area contributed by atoms with Crippen LogP contribution in [0.15, 0.2) is 84.9 Å². The molecule has 4 aromatic rings. The summed E-state index contributed by atoms with van der Waals surface area (Å²) in [5.41, 5.74) is 7.42. The first kappa shape index (κ1) is 63.4. The Labute approximate surface area is 444 Å². The topological polar surface area (TPSA) is 308 Å². The van der Waals surface area contributed by atoms with Gasteiger partial charge in [-0.3, -0.25) is 28.8 Å². The van der Waals surface area contributed by atoms with Gasteiger partial charge in [-0.05, 0) is 47.5 Å². The van der Waals surface area contributed by atoms with Gasteiger partial charge in [0, 0.05) is 48.3 Å². The van der Waals surface area contributed by atoms with Gasteiger partial charge in [-0.2, -0.15) is 0 Å². The second kappa shape index (κ2) is 32.4. The van der Waals surface area contributed by atoms with Crippen molar-refractivity contribution < 1.29 is 63.8 Å². The number of amides is 3. The van der Waals surface area contributed by atoms with Crippen molar-refractivity contribution >= 4 is 105 Å². The summed E-state index contributed by atoms with van der Waals surface area (Å²) in [5.74, 6) is -3.52. The fourth-order valence-corrected chi connectivity index (χ4v) is 6.78. The minimum absolute atomic E-state index is 0.00224. The lowest BCUT2D eigenvalue weighted by Crippen LogP contribution is -2.46. The van der Waals surface area contributed by atoms with Crippen LogP contribution in [-0.4, -0.2) is 126 Å². The number of para-hydroxylation sites is 4. The zero-order valence-electron chi connectivity index (χ0n) is 40.8. The minimum atomic E-state index is -1.40. The molecular weight excluding hydrogens is 1030 g/mol. The van der Waals surface area contributed by atoms with E-state index in [-0.39, 0.29) is 83.6 Å². The monoisotopic (exact) mass is 1100 g/mol. The number of aliphatic hydroxyl groups excluding tert-OH is 4. The molecule has 4 aromatic carbocycles. The van der Waals surface area contributed by atoms with Crippen molar-refractivity contribution in [3.05, 3.63) is 116 Å². The van der Waals surface area contributed by atoms with Gasteiger partial charge in [-0.25, -0.2) is 0 Å². The quantitative estimate of drug-likeness (QED) is 0.0286. The maximum Gasteiger partial charge on any atom is 0.310 e. The molecule has 4 rings (SSSR count). The first-order chi connectivity index (χ1) is 34.5. The third kappa shape index (κ3) is 22.9. The molecule has 2 atom stereocenters. The van der Waals surface area contributed by atoms with E-state index in [1.807, 2.05) is 30.3 Å². The van der Waals surface area contributed by atoms with Crippen molar-refractivity contribution in [3.63, 3.8) is 0 Å². The van der Waals surface area contributed by atoms with Crippen molar-refractivity contribution in [1.29, 1.82) is 0 Å². The van der Waals surface area contributed by atoms with Crippen LogP contribution in [0.1, 0.15) is 51.7 Å². The molecule has 0 spiro atoms. The van der Waals surface area contributed by atoms with Gasteiger partial charge in [0.2, 0.25) is 17.7 Å². The van der Waals surface area contributed by atoms with E-state index in [4.69, 9.17) is 71.8 Å². The number of nitrogens with two attached hydrogens (primary N) is 1. The second-order valence-corrected chi connectivity index (χ2v) is 18.9. The number of hydrogen-bond acceptors (Lipinski definition) is 15. The van der Waals surface area contributed by atoms with Crippen LogP contribution in [0.25, 0.3) is 0 Å². The number of esters is 2. The number of carboxylic acids is 1. The highest BCUT2D eigenvalue weighted by atomic mass is 35.5. The molecule has 0 radical (unpaired) electrons. The molecule has 0 bridgehead atoms. The molecular formula is C50H64Cl4N6O13. The first-order valence-corrected chi connectivity index (χ1v) is 24.2. The summed E-state index contributed by atoms with van der Waals surface area (Å²) in [6.07, 6.45) is -2.82. The summed E-state index contributed by atoms with van der Waals surface area (Å²) in [5, 5.41) is 61.4. The average molecular weight is 1100 g/mol. The highest BCUT2D eigenvalue weighted by molar-refractivity contribution is 6.40. The van der Waals surface area contributed by atoms with Gasteiger partial charge >= 0.3 is 17.9 Å². The molecule has 0 aliphatic carbocycles. The zero-order valence-corrected chi connectivity index (χ0v) is 43.8. The Morgan fingerprint density at radius 1 is 0.562 bits per heavy atom. The predicted molar refractivity (Wildman–Crippen MR) is 280 cm³/mol. The molecule has 23 heteroatoms. The van der Waals surface area contributed by atoms with E-state index in [2.05, 4.69) is 26.6 Å². The van der Waals surface area contributed by atoms with Crippen LogP contribution in [0.5, 0.6) is 0 Å². The van der Waals surface area contributed by atoms with Gasteiger partial charge in [0.1, 0.15) is 25.4 Å². The number of aliphatic hydroxyl groups is 4. The third-order valence-corrected chi connectivity index (χ3v) is 11.6. The van der Waals surface area contributed by atoms with Gasteiger partial charge < -0.3 is 67.3 Å². The van der Waals surface area contributed by atoms with Crippen LogP contribution in [-0.2, 0) is 51.1 Å². The number of anilines is 4. The fourth-order valence-electron chi connectivity index (χ4n) is 5.79. The maximum atomic E-state index is 12.3. The van der Waals surface area contributed by atoms with E-state index in [1.165, 1.54) is 13.8 Å². The van der Waals surface area contributed by atoms with Gasteiger partial charge in [0.15, 0.2) is 0 Å². The van der Waals surface area contributed by atoms with E-state index in [9.17, 15) is 44.1 Å². The number of nitrogens with one attached hydrogen (secondary N) is 5. The van der Waals surface area contributed by atoms with Crippen LogP contribution < -0.4 is 32.3 Å². The molecule has 73 heavy (non-hydrogen) atoms. The summed E-state index contributed by atoms with van der Waals surface area (Å²) in [7, 11) is 0. The molecule has 0 saturated heterocycles. The number of aliphatic carboxylic acids is 1. The Morgan fingerprint density at radius 3 is 1.33 bits per heavy atom. The Balaban J connectivity index is 0.000000417. The predicted octanol–water partition coefficient (Wildman–Crippen LogP) is 5.56. The van der Waals surface area contributed by atoms with Gasteiger partial charge in [0.05, 0.1) is 70.5 Å². The Hall–Kier alpha value is -5.74. The van der Waals surface area contributed by atoms with E-state index in [1.54, 1.807) is 68.4 Å². The molecule has 0 aliphatic rings. The summed E-state index contributed by atoms with van der Waals surface area (Å²) in [4.78, 5) is 69.3. The number of hydrogen-bond donors (Lipinski definition) is 11. The van der Waals surface area contributed by atoms with Crippen LogP contribution in [0.3, 0.4) is 0 Å². The summed E-state index contributed by atoms with van der Waals surface area (Å²) < 4.78 is 10.2. The molecule has 0 aliphatic heterocycles. The van der Waals surface area contributed by atoms with E-state index in [0.717, 1.165) is 11.3 Å². The third-order valence-electron chi connectivity index (χ3n) is 10.3. The lowest BCUT2D eigenvalue weighted by Gasteiger charge is -2.27. The normalized spacial score (nSPS) is 11.7. The number of carboxylic acid groups (broad SMARTS) is 1. The summed E-state index contributed by atoms with van der Waals surface area (Å²) in [6, 6.07) is 25.0. The lowest BCUT2D eigenvalue weighted by atomic mass is 9.87.